The van der Waals surface area contributed by atoms with Crippen LogP contribution in [0.25, 0.3) is 0 Å². The Labute approximate surface area is 113 Å². The van der Waals surface area contributed by atoms with Gasteiger partial charge in [-0.15, -0.1) is 0 Å². The van der Waals surface area contributed by atoms with Crippen LogP contribution in [0.15, 0.2) is 18.2 Å². The minimum atomic E-state index is 0.0331. The van der Waals surface area contributed by atoms with Gasteiger partial charge in [0, 0.05) is 10.7 Å². The van der Waals surface area contributed by atoms with Crippen molar-refractivity contribution in [1.82, 2.24) is 15.0 Å². The van der Waals surface area contributed by atoms with Crippen LogP contribution in [-0.4, -0.2) is 15.0 Å². The Morgan fingerprint density at radius 3 is 2.24 bits per heavy atom. The zero-order valence-corrected chi connectivity index (χ0v) is 11.0. The first-order valence-electron chi connectivity index (χ1n) is 4.65. The number of nitrogens with one attached hydrogen (secondary N) is 1. The van der Waals surface area contributed by atoms with Crippen LogP contribution in [0.1, 0.15) is 5.56 Å². The third kappa shape index (κ3) is 3.19. The van der Waals surface area contributed by atoms with Gasteiger partial charge in [-0.3, -0.25) is 0 Å². The Balaban J connectivity index is 2.28. The summed E-state index contributed by atoms with van der Waals surface area (Å²) in [6.07, 6.45) is 0. The number of hydrogen-bond acceptors (Lipinski definition) is 4. The molecule has 2 rings (SSSR count). The largest absolute Gasteiger partial charge is 0.324 e. The van der Waals surface area contributed by atoms with Crippen molar-refractivity contribution >= 4 is 46.4 Å². The van der Waals surface area contributed by atoms with Crippen LogP contribution in [0.3, 0.4) is 0 Å². The van der Waals surface area contributed by atoms with E-state index in [-0.39, 0.29) is 16.5 Å². The molecule has 88 valence electrons. The second-order valence-corrected chi connectivity index (χ2v) is 4.37. The molecule has 1 N–H and O–H groups in total. The fourth-order valence-electron chi connectivity index (χ4n) is 1.18. The lowest BCUT2D eigenvalue weighted by Crippen LogP contribution is -1.99. The van der Waals surface area contributed by atoms with Gasteiger partial charge >= 0.3 is 0 Å². The quantitative estimate of drug-likeness (QED) is 0.911. The van der Waals surface area contributed by atoms with Gasteiger partial charge in [-0.1, -0.05) is 17.7 Å². The molecule has 0 radical (unpaired) electrons. The van der Waals surface area contributed by atoms with E-state index in [4.69, 9.17) is 34.8 Å². The van der Waals surface area contributed by atoms with E-state index >= 15 is 0 Å². The van der Waals surface area contributed by atoms with Gasteiger partial charge in [0.25, 0.3) is 0 Å². The Kier molecular flexibility index (Phi) is 3.66. The molecule has 0 fully saturated rings. The number of benzene rings is 1. The highest BCUT2D eigenvalue weighted by Gasteiger charge is 2.04. The molecule has 4 nitrogen and oxygen atoms in total. The molecule has 0 unspecified atom stereocenters. The number of anilines is 2. The van der Waals surface area contributed by atoms with Gasteiger partial charge in [0.15, 0.2) is 0 Å². The Bertz CT molecular complexity index is 539. The lowest BCUT2D eigenvalue weighted by atomic mass is 10.2. The fraction of sp³-hybridized carbons (Fsp3) is 0.100. The maximum atomic E-state index is 6.00. The number of aromatic nitrogens is 3. The third-order valence-corrected chi connectivity index (χ3v) is 2.75. The Hall–Kier alpha value is -1.10. The van der Waals surface area contributed by atoms with Crippen LogP contribution in [0.4, 0.5) is 11.6 Å². The van der Waals surface area contributed by atoms with E-state index in [1.54, 1.807) is 6.07 Å². The van der Waals surface area contributed by atoms with Crippen LogP contribution in [0, 0.1) is 6.92 Å². The molecule has 0 bridgehead atoms. The minimum absolute atomic E-state index is 0.0331. The maximum Gasteiger partial charge on any atom is 0.232 e. The van der Waals surface area contributed by atoms with Gasteiger partial charge in [0.1, 0.15) is 0 Å². The summed E-state index contributed by atoms with van der Waals surface area (Å²) >= 11 is 17.3. The topological polar surface area (TPSA) is 50.7 Å². The number of rotatable bonds is 2. The van der Waals surface area contributed by atoms with E-state index in [9.17, 15) is 0 Å². The van der Waals surface area contributed by atoms with Crippen LogP contribution in [0.2, 0.25) is 15.6 Å². The normalized spacial score (nSPS) is 10.4. The molecule has 0 saturated carbocycles. The highest BCUT2D eigenvalue weighted by atomic mass is 35.5. The summed E-state index contributed by atoms with van der Waals surface area (Å²) in [5.41, 5.74) is 1.74. The molecular formula is C10H7Cl3N4. The molecule has 0 aliphatic heterocycles. The van der Waals surface area contributed by atoms with Gasteiger partial charge in [0.2, 0.25) is 16.5 Å². The highest BCUT2D eigenvalue weighted by molar-refractivity contribution is 6.31. The van der Waals surface area contributed by atoms with Crippen LogP contribution >= 0.6 is 34.8 Å². The zero-order chi connectivity index (χ0) is 12.4. The summed E-state index contributed by atoms with van der Waals surface area (Å²) in [5.74, 6) is 0.273. The predicted octanol–water partition coefficient (Wildman–Crippen LogP) is 3.88. The van der Waals surface area contributed by atoms with Crippen molar-refractivity contribution in [2.75, 3.05) is 5.32 Å². The van der Waals surface area contributed by atoms with E-state index in [1.807, 2.05) is 19.1 Å². The van der Waals surface area contributed by atoms with Crippen molar-refractivity contribution in [3.8, 4) is 0 Å². The van der Waals surface area contributed by atoms with Crippen molar-refractivity contribution in [3.63, 3.8) is 0 Å². The summed E-state index contributed by atoms with van der Waals surface area (Å²) in [4.78, 5) is 11.4. The molecule has 0 spiro atoms. The van der Waals surface area contributed by atoms with Crippen molar-refractivity contribution in [3.05, 3.63) is 39.4 Å². The van der Waals surface area contributed by atoms with E-state index in [0.717, 1.165) is 11.3 Å². The average Bonchev–Trinajstić information content (AvgIpc) is 2.22. The number of halogens is 3. The average molecular weight is 290 g/mol. The fourth-order valence-corrected chi connectivity index (χ4v) is 1.73. The smallest absolute Gasteiger partial charge is 0.232 e. The number of hydrogen-bond donors (Lipinski definition) is 1. The Morgan fingerprint density at radius 1 is 1.00 bits per heavy atom. The van der Waals surface area contributed by atoms with Crippen molar-refractivity contribution in [2.45, 2.75) is 6.92 Å². The third-order valence-electron chi connectivity index (χ3n) is 2.01. The van der Waals surface area contributed by atoms with Gasteiger partial charge in [0.05, 0.1) is 0 Å². The summed E-state index contributed by atoms with van der Waals surface area (Å²) in [7, 11) is 0. The van der Waals surface area contributed by atoms with Crippen molar-refractivity contribution < 1.29 is 0 Å². The minimum Gasteiger partial charge on any atom is -0.324 e. The van der Waals surface area contributed by atoms with E-state index < -0.39 is 0 Å². The lowest BCUT2D eigenvalue weighted by molar-refractivity contribution is 1.05. The van der Waals surface area contributed by atoms with Crippen molar-refractivity contribution in [2.24, 2.45) is 0 Å². The maximum absolute atomic E-state index is 6.00. The summed E-state index contributed by atoms with van der Waals surface area (Å²) in [6, 6.07) is 5.50. The molecule has 0 aliphatic carbocycles. The molecule has 0 amide bonds. The predicted molar refractivity (Wildman–Crippen MR) is 69.3 cm³/mol. The van der Waals surface area contributed by atoms with Crippen LogP contribution < -0.4 is 5.32 Å². The zero-order valence-electron chi connectivity index (χ0n) is 8.71. The molecule has 0 saturated heterocycles. The SMILES string of the molecule is Cc1ccc(Nc2nc(Cl)nc(Cl)n2)cc1Cl. The number of aryl methyl sites for hydroxylation is 1. The van der Waals surface area contributed by atoms with Gasteiger partial charge in [-0.25, -0.2) is 0 Å². The first-order chi connectivity index (χ1) is 8.04. The summed E-state index contributed by atoms with van der Waals surface area (Å²) in [5, 5.41) is 3.66. The second kappa shape index (κ2) is 5.04. The Morgan fingerprint density at radius 2 is 1.65 bits per heavy atom. The van der Waals surface area contributed by atoms with E-state index in [1.165, 1.54) is 0 Å². The molecule has 17 heavy (non-hydrogen) atoms. The summed E-state index contributed by atoms with van der Waals surface area (Å²) < 4.78 is 0. The first kappa shape index (κ1) is 12.4. The number of nitrogens with zero attached hydrogens (tertiary/aromatic N) is 3. The van der Waals surface area contributed by atoms with E-state index in [0.29, 0.717) is 5.02 Å². The second-order valence-electron chi connectivity index (χ2n) is 3.29. The molecule has 7 heteroatoms. The molecule has 2 aromatic rings. The molecule has 1 aromatic heterocycles. The molecule has 1 aromatic carbocycles. The highest BCUT2D eigenvalue weighted by Crippen LogP contribution is 2.22. The molecular weight excluding hydrogens is 282 g/mol. The molecule has 1 heterocycles. The van der Waals surface area contributed by atoms with Gasteiger partial charge in [-0.2, -0.15) is 15.0 Å². The van der Waals surface area contributed by atoms with Crippen LogP contribution in [-0.2, 0) is 0 Å². The summed E-state index contributed by atoms with van der Waals surface area (Å²) in [6.45, 7) is 1.92. The standard InChI is InChI=1S/C10H7Cl3N4/c1-5-2-3-6(4-7(5)11)14-10-16-8(12)15-9(13)17-10/h2-4H,1H3,(H,14,15,16,17). The van der Waals surface area contributed by atoms with Gasteiger partial charge in [-0.05, 0) is 47.8 Å². The van der Waals surface area contributed by atoms with Crippen LogP contribution in [0.5, 0.6) is 0 Å². The monoisotopic (exact) mass is 288 g/mol. The van der Waals surface area contributed by atoms with E-state index in [2.05, 4.69) is 20.3 Å². The van der Waals surface area contributed by atoms with Crippen molar-refractivity contribution in [1.29, 1.82) is 0 Å². The molecule has 0 aliphatic rings. The lowest BCUT2D eigenvalue weighted by Gasteiger charge is -2.06. The van der Waals surface area contributed by atoms with Gasteiger partial charge < -0.3 is 5.32 Å². The molecule has 0 atom stereocenters. The first-order valence-corrected chi connectivity index (χ1v) is 5.78.